The van der Waals surface area contributed by atoms with Crippen molar-refractivity contribution < 1.29 is 86.5 Å². The fourth-order valence-corrected chi connectivity index (χ4v) is 11.7. The van der Waals surface area contributed by atoms with E-state index >= 15 is 0 Å². The molecule has 0 aromatic rings. The number of alkyl halides is 2. The molecule has 2 N–H and O–H groups in total. The molecule has 81 heavy (non-hydrogen) atoms. The Bertz CT molecular complexity index is 2280. The summed E-state index contributed by atoms with van der Waals surface area (Å²) in [5.41, 5.74) is -0.324. The molecule has 21 heteroatoms. The number of ketones is 3. The highest BCUT2D eigenvalue weighted by Gasteiger charge is 2.53. The molecule has 3 heterocycles. The second-order valence-electron chi connectivity index (χ2n) is 23.1. The highest BCUT2D eigenvalue weighted by molar-refractivity contribution is 14.1. The van der Waals surface area contributed by atoms with Crippen LogP contribution in [0.2, 0.25) is 0 Å². The molecule has 15 atom stereocenters. The van der Waals surface area contributed by atoms with Gasteiger partial charge >= 0.3 is 23.9 Å². The van der Waals surface area contributed by atoms with Crippen LogP contribution in [0.25, 0.3) is 0 Å². The van der Waals surface area contributed by atoms with Crippen LogP contribution in [0.3, 0.4) is 0 Å². The zero-order valence-corrected chi connectivity index (χ0v) is 53.5. The SMILES string of the molecule is CO[C@H]1C[C@@H]2CC[C@@H](C)[C@@](O)(O2)C(=O)C(=O)N2CCCC[C@H]2C(=O)O[C@H]([C@H](C)C[C@@H]2CC[C@@H](OC(=O)C(C)(COC(=O)CI)COC(=O)CI)[C@H](OC)C2)CC(=O)[C@H](C)/C=C(\C)[C@@H](O)[C@@H](OC)C(=O)[C@H](C)C[C@H](C)/C=C/C=C/C=C/1C. The summed E-state index contributed by atoms with van der Waals surface area (Å²) in [6, 6.07) is -1.23. The van der Waals surface area contributed by atoms with Gasteiger partial charge in [0.15, 0.2) is 5.78 Å². The number of methoxy groups -OCH3 is 3. The van der Waals surface area contributed by atoms with Crippen molar-refractivity contribution >= 4 is 92.3 Å². The normalized spacial score (nSPS) is 34.7. The molecule has 0 radical (unpaired) electrons. The van der Waals surface area contributed by atoms with Gasteiger partial charge in [-0.1, -0.05) is 116 Å². The van der Waals surface area contributed by atoms with E-state index < -0.39 is 119 Å². The highest BCUT2D eigenvalue weighted by Crippen LogP contribution is 2.39. The Hall–Kier alpha value is -3.46. The minimum absolute atomic E-state index is 0.0197. The molecule has 456 valence electrons. The molecule has 0 aromatic heterocycles. The van der Waals surface area contributed by atoms with Crippen molar-refractivity contribution in [2.24, 2.45) is 40.9 Å². The third-order valence-corrected chi connectivity index (χ3v) is 17.8. The molecule has 3 fully saturated rings. The van der Waals surface area contributed by atoms with E-state index in [0.717, 1.165) is 10.5 Å². The van der Waals surface area contributed by atoms with E-state index in [-0.39, 0.29) is 71.3 Å². The van der Waals surface area contributed by atoms with Crippen molar-refractivity contribution in [2.45, 2.75) is 187 Å². The van der Waals surface area contributed by atoms with Gasteiger partial charge in [0.2, 0.25) is 5.79 Å². The number of esters is 4. The number of hydrogen-bond acceptors (Lipinski definition) is 18. The summed E-state index contributed by atoms with van der Waals surface area (Å²) in [6.07, 6.45) is 9.19. The van der Waals surface area contributed by atoms with Gasteiger partial charge in [-0.05, 0) is 114 Å². The van der Waals surface area contributed by atoms with E-state index in [0.29, 0.717) is 63.4 Å². The Balaban J connectivity index is 1.68. The minimum Gasteiger partial charge on any atom is -0.464 e. The number of fused-ring (bicyclic) bond motifs is 3. The highest BCUT2D eigenvalue weighted by atomic mass is 127. The second kappa shape index (κ2) is 33.3. The van der Waals surface area contributed by atoms with Crippen LogP contribution in [0.5, 0.6) is 0 Å². The van der Waals surface area contributed by atoms with Crippen molar-refractivity contribution in [3.05, 3.63) is 47.6 Å². The van der Waals surface area contributed by atoms with Gasteiger partial charge in [0, 0.05) is 58.5 Å². The van der Waals surface area contributed by atoms with Gasteiger partial charge in [-0.15, -0.1) is 0 Å². The Morgan fingerprint density at radius 3 is 2.11 bits per heavy atom. The van der Waals surface area contributed by atoms with Crippen molar-refractivity contribution in [3.8, 4) is 0 Å². The number of rotatable bonds is 14. The molecular weight excluding hydrogens is 1280 g/mol. The Labute approximate surface area is 506 Å². The lowest BCUT2D eigenvalue weighted by atomic mass is 9.78. The number of aliphatic hydroxyl groups excluding tert-OH is 1. The van der Waals surface area contributed by atoms with Crippen LogP contribution >= 0.6 is 45.2 Å². The average molecular weight is 1370 g/mol. The number of piperidine rings is 1. The van der Waals surface area contributed by atoms with E-state index in [1.54, 1.807) is 40.9 Å². The number of carbonyl (C=O) groups is 8. The fourth-order valence-electron chi connectivity index (χ4n) is 11.2. The monoisotopic (exact) mass is 1370 g/mol. The second-order valence-corrected chi connectivity index (χ2v) is 24.6. The Kier molecular flexibility index (Phi) is 28.8. The lowest BCUT2D eigenvalue weighted by Gasteiger charge is -2.42. The van der Waals surface area contributed by atoms with Crippen LogP contribution in [-0.4, -0.2) is 167 Å². The number of Topliss-reactive ketones (excluding diaryl/α,β-unsaturated/α-hetero) is 3. The van der Waals surface area contributed by atoms with Crippen molar-refractivity contribution in [2.75, 3.05) is 49.9 Å². The van der Waals surface area contributed by atoms with Gasteiger partial charge in [0.25, 0.3) is 11.7 Å². The van der Waals surface area contributed by atoms with E-state index in [9.17, 15) is 48.6 Å². The number of halogens is 2. The third-order valence-electron chi connectivity index (χ3n) is 16.5. The molecule has 19 nitrogen and oxygen atoms in total. The zero-order valence-electron chi connectivity index (χ0n) is 49.2. The molecule has 2 bridgehead atoms. The molecule has 4 rings (SSSR count). The summed E-state index contributed by atoms with van der Waals surface area (Å²) in [7, 11) is 4.41. The number of amides is 1. The number of cyclic esters (lactones) is 1. The average Bonchev–Trinajstić information content (AvgIpc) is 3.46. The van der Waals surface area contributed by atoms with E-state index in [1.807, 2.05) is 96.3 Å². The number of hydrogen-bond donors (Lipinski definition) is 2. The van der Waals surface area contributed by atoms with Gasteiger partial charge in [-0.25, -0.2) is 4.79 Å². The van der Waals surface area contributed by atoms with Crippen LogP contribution in [-0.2, 0) is 76.3 Å². The minimum atomic E-state index is -2.49. The molecule has 2 saturated heterocycles. The maximum absolute atomic E-state index is 14.7. The number of carbonyl (C=O) groups excluding carboxylic acids is 8. The van der Waals surface area contributed by atoms with Crippen LogP contribution in [0, 0.1) is 40.9 Å². The number of nitrogens with zero attached hydrogens (tertiary/aromatic N) is 1. The molecule has 0 unspecified atom stereocenters. The van der Waals surface area contributed by atoms with Crippen molar-refractivity contribution in [1.82, 2.24) is 4.90 Å². The maximum atomic E-state index is 14.7. The van der Waals surface area contributed by atoms with Crippen LogP contribution in [0.15, 0.2) is 47.6 Å². The lowest BCUT2D eigenvalue weighted by molar-refractivity contribution is -0.265. The van der Waals surface area contributed by atoms with E-state index in [2.05, 4.69) is 0 Å². The quantitative estimate of drug-likeness (QED) is 0.0422. The van der Waals surface area contributed by atoms with Crippen LogP contribution < -0.4 is 0 Å². The fraction of sp³-hybridized carbons (Fsp3) is 0.733. The molecule has 3 aliphatic heterocycles. The molecule has 4 aliphatic rings. The maximum Gasteiger partial charge on any atom is 0.329 e. The predicted molar refractivity (Wildman–Crippen MR) is 317 cm³/mol. The smallest absolute Gasteiger partial charge is 0.329 e. The van der Waals surface area contributed by atoms with Crippen LogP contribution in [0.4, 0.5) is 0 Å². The van der Waals surface area contributed by atoms with Crippen molar-refractivity contribution in [1.29, 1.82) is 0 Å². The van der Waals surface area contributed by atoms with Gasteiger partial charge in [-0.2, -0.15) is 0 Å². The summed E-state index contributed by atoms with van der Waals surface area (Å²) < 4.78 is 46.7. The third kappa shape index (κ3) is 19.8. The summed E-state index contributed by atoms with van der Waals surface area (Å²) in [4.78, 5) is 111. The molecule has 1 saturated carbocycles. The predicted octanol–water partition coefficient (Wildman–Crippen LogP) is 7.69. The first-order chi connectivity index (χ1) is 38.3. The number of ether oxygens (including phenoxy) is 8. The van der Waals surface area contributed by atoms with Crippen LogP contribution in [0.1, 0.15) is 132 Å². The first-order valence-corrected chi connectivity index (χ1v) is 31.5. The summed E-state index contributed by atoms with van der Waals surface area (Å²) in [5.74, 6) is -10.7. The Morgan fingerprint density at radius 1 is 0.827 bits per heavy atom. The first-order valence-electron chi connectivity index (χ1n) is 28.4. The summed E-state index contributed by atoms with van der Waals surface area (Å²) >= 11 is 3.69. The largest absolute Gasteiger partial charge is 0.464 e. The molecule has 0 spiro atoms. The zero-order chi connectivity index (χ0) is 60.4. The molecule has 1 amide bonds. The van der Waals surface area contributed by atoms with E-state index in [1.165, 1.54) is 21.1 Å². The van der Waals surface area contributed by atoms with Gasteiger partial charge < -0.3 is 53.0 Å². The van der Waals surface area contributed by atoms with E-state index in [4.69, 9.17) is 37.9 Å². The molecular formula is C60H89I2NO18. The van der Waals surface area contributed by atoms with Gasteiger partial charge in [0.05, 0.1) is 27.2 Å². The number of aliphatic hydroxyl groups is 2. The molecule has 1 aliphatic carbocycles. The van der Waals surface area contributed by atoms with Gasteiger partial charge in [0.1, 0.15) is 54.9 Å². The summed E-state index contributed by atoms with van der Waals surface area (Å²) in [6.45, 7) is 13.2. The van der Waals surface area contributed by atoms with Crippen molar-refractivity contribution in [3.63, 3.8) is 0 Å². The lowest BCUT2D eigenvalue weighted by Crippen LogP contribution is -2.61. The van der Waals surface area contributed by atoms with Gasteiger partial charge in [-0.3, -0.25) is 33.6 Å². The number of allylic oxidation sites excluding steroid dienone is 6. The topological polar surface area (TPSA) is 254 Å². The summed E-state index contributed by atoms with van der Waals surface area (Å²) in [5, 5.41) is 23.6. The first kappa shape index (κ1) is 70.0. The standard InChI is InChI=1S/C60H89I2NO18/c1-35-17-13-12-14-18-36(2)47(74-9)29-43-22-20-41(7)60(73,81-43)55(69)56(70)63-24-16-15-19-44(63)57(71)79-48(30-45(64)37(3)26-40(6)53(68)54(76-11)52(67)39(5)25-35)38(4)27-42-21-23-46(49(28-42)75-10)80-58(72)59(8,33-77-50(65)31-61)34-78-51(66)32-62/h12-14,17-18,26,35,37-39,41-44,46-49,53-54,68,73H,15-16,19-25,27-34H2,1-11H3/b14-12+,17-13+,36-18+,40-26+/t35-,37-,38-,39-,41-,42+,43+,44+,46-,47+,48+,49-,53-,54+,60-/m1/s1. The molecule has 0 aromatic carbocycles. The Morgan fingerprint density at radius 2 is 1.49 bits per heavy atom.